The number of benzene rings is 2. The molecule has 350 valence electrons. The lowest BCUT2D eigenvalue weighted by Crippen LogP contribution is -2.62. The number of nitrogens with zero attached hydrogens (tertiary/aromatic N) is 4. The lowest BCUT2D eigenvalue weighted by atomic mass is 9.98. The molecule has 1 saturated heterocycles. The second kappa shape index (κ2) is 27.6. The normalized spacial score (nSPS) is 18.4. The van der Waals surface area contributed by atoms with Crippen LogP contribution < -0.4 is 10.1 Å². The maximum atomic E-state index is 12.6. The van der Waals surface area contributed by atoms with Crippen LogP contribution in [0.4, 0.5) is 13.2 Å². The second-order valence-corrected chi connectivity index (χ2v) is 12.8. The molecule has 2 aromatic rings. The van der Waals surface area contributed by atoms with Gasteiger partial charge in [0.2, 0.25) is 26.2 Å². The molecule has 0 bridgehead atoms. The standard InChI is InChI=1S/C18H24N4O18.C17H18F3NO.ClH/c23-11(1-5-19(28)29)36-9-10-15(38-12(24)2-6-20(30)31)16(39-13(25)3-7-21(32)33)17(18(27)37-10)40-14(26)4-8-22(34)35;1-21-12-11-16(13-5-3-2-4-6-13)22-15-9-7-14(8-10-15)17(18,19)20;/h10,15-18,27H,1-9H2;2-10,16,21H,11-12H2,1H3;1H. The molecule has 24 nitrogen and oxygen atoms in total. The van der Waals surface area contributed by atoms with E-state index in [2.05, 4.69) is 5.32 Å². The molecule has 0 aliphatic carbocycles. The Morgan fingerprint density at radius 2 is 1.16 bits per heavy atom. The molecule has 3 rings (SSSR count). The predicted molar refractivity (Wildman–Crippen MR) is 204 cm³/mol. The average molecular weight is 930 g/mol. The van der Waals surface area contributed by atoms with Crippen molar-refractivity contribution in [2.24, 2.45) is 0 Å². The minimum absolute atomic E-state index is 0. The molecule has 6 unspecified atom stereocenters. The van der Waals surface area contributed by atoms with Crippen LogP contribution in [-0.2, 0) is 49.0 Å². The Bertz CT molecular complexity index is 1830. The Labute approximate surface area is 360 Å². The molecule has 1 fully saturated rings. The number of rotatable bonds is 23. The van der Waals surface area contributed by atoms with Crippen LogP contribution in [0.5, 0.6) is 5.75 Å². The highest BCUT2D eigenvalue weighted by atomic mass is 35.5. The van der Waals surface area contributed by atoms with E-state index >= 15 is 0 Å². The monoisotopic (exact) mass is 929 g/mol. The van der Waals surface area contributed by atoms with Gasteiger partial charge in [-0.3, -0.25) is 59.6 Å². The number of halogens is 4. The lowest BCUT2D eigenvalue weighted by molar-refractivity contribution is -0.479. The van der Waals surface area contributed by atoms with Crippen molar-refractivity contribution in [3.8, 4) is 5.75 Å². The van der Waals surface area contributed by atoms with E-state index in [1.165, 1.54) is 12.1 Å². The van der Waals surface area contributed by atoms with Crippen molar-refractivity contribution in [1.29, 1.82) is 0 Å². The molecular formula is C35H43ClF3N5O19. The van der Waals surface area contributed by atoms with Gasteiger partial charge in [-0.1, -0.05) is 30.3 Å². The highest BCUT2D eigenvalue weighted by Gasteiger charge is 2.52. The van der Waals surface area contributed by atoms with Crippen LogP contribution in [-0.4, -0.2) is 126 Å². The van der Waals surface area contributed by atoms with Crippen molar-refractivity contribution < 1.29 is 85.6 Å². The number of nitro groups is 4. The molecule has 1 aliphatic heterocycles. The highest BCUT2D eigenvalue weighted by molar-refractivity contribution is 5.85. The summed E-state index contributed by atoms with van der Waals surface area (Å²) in [6.45, 7) is -3.71. The summed E-state index contributed by atoms with van der Waals surface area (Å²) >= 11 is 0. The maximum absolute atomic E-state index is 12.6. The summed E-state index contributed by atoms with van der Waals surface area (Å²) in [5.74, 6) is -4.64. The molecule has 28 heteroatoms. The van der Waals surface area contributed by atoms with E-state index in [-0.39, 0.29) is 18.5 Å². The molecular weight excluding hydrogens is 887 g/mol. The van der Waals surface area contributed by atoms with Gasteiger partial charge in [-0.25, -0.2) is 0 Å². The fourth-order valence-electron chi connectivity index (χ4n) is 5.16. The summed E-state index contributed by atoms with van der Waals surface area (Å²) in [6.07, 6.45) is -17.0. The maximum Gasteiger partial charge on any atom is 0.416 e. The molecule has 0 radical (unpaired) electrons. The molecule has 6 atom stereocenters. The summed E-state index contributed by atoms with van der Waals surface area (Å²) in [7, 11) is 1.85. The molecule has 2 N–H and O–H groups in total. The van der Waals surface area contributed by atoms with Gasteiger partial charge in [-0.2, -0.15) is 13.2 Å². The molecule has 2 aromatic carbocycles. The summed E-state index contributed by atoms with van der Waals surface area (Å²) in [5.41, 5.74) is 0.323. The number of carbonyl (C=O) groups is 4. The van der Waals surface area contributed by atoms with Crippen LogP contribution in [0.25, 0.3) is 0 Å². The Kier molecular flexibility index (Phi) is 24.0. The smallest absolute Gasteiger partial charge is 0.416 e. The van der Waals surface area contributed by atoms with Crippen molar-refractivity contribution in [2.45, 2.75) is 75.1 Å². The number of alkyl halides is 3. The van der Waals surface area contributed by atoms with Gasteiger partial charge in [-0.05, 0) is 43.4 Å². The van der Waals surface area contributed by atoms with E-state index in [0.717, 1.165) is 30.7 Å². The van der Waals surface area contributed by atoms with Gasteiger partial charge in [0.25, 0.3) is 0 Å². The van der Waals surface area contributed by atoms with Crippen molar-refractivity contribution in [3.63, 3.8) is 0 Å². The van der Waals surface area contributed by atoms with Crippen LogP contribution in [0.2, 0.25) is 0 Å². The van der Waals surface area contributed by atoms with Gasteiger partial charge in [0.1, 0.15) is 50.2 Å². The topological polar surface area (TPSA) is 328 Å². The fraction of sp³-hybridized carbons (Fsp3) is 0.543. The second-order valence-electron chi connectivity index (χ2n) is 12.8. The first-order valence-electron chi connectivity index (χ1n) is 18.3. The van der Waals surface area contributed by atoms with E-state index in [1.807, 2.05) is 37.4 Å². The number of esters is 4. The summed E-state index contributed by atoms with van der Waals surface area (Å²) in [5, 5.41) is 55.7. The number of hydrogen-bond donors (Lipinski definition) is 2. The van der Waals surface area contributed by atoms with Crippen molar-refractivity contribution in [1.82, 2.24) is 5.32 Å². The van der Waals surface area contributed by atoms with E-state index in [4.69, 9.17) is 28.4 Å². The number of aliphatic hydroxyl groups is 1. The summed E-state index contributed by atoms with van der Waals surface area (Å²) < 4.78 is 68.6. The summed E-state index contributed by atoms with van der Waals surface area (Å²) in [6, 6.07) is 14.4. The third-order valence-corrected chi connectivity index (χ3v) is 8.10. The largest absolute Gasteiger partial charge is 0.486 e. The molecule has 63 heavy (non-hydrogen) atoms. The first-order valence-corrected chi connectivity index (χ1v) is 18.3. The Balaban J connectivity index is 0.000000725. The van der Waals surface area contributed by atoms with Crippen LogP contribution >= 0.6 is 12.4 Å². The lowest BCUT2D eigenvalue weighted by Gasteiger charge is -2.42. The minimum Gasteiger partial charge on any atom is -0.486 e. The molecule has 0 amide bonds. The van der Waals surface area contributed by atoms with Gasteiger partial charge in [0.15, 0.2) is 24.6 Å². The first kappa shape index (κ1) is 54.7. The number of nitrogens with one attached hydrogen (secondary N) is 1. The number of aliphatic hydroxyl groups excluding tert-OH is 1. The Morgan fingerprint density at radius 3 is 1.60 bits per heavy atom. The molecule has 0 aromatic heterocycles. The first-order chi connectivity index (χ1) is 29.2. The van der Waals surface area contributed by atoms with Crippen molar-refractivity contribution >= 4 is 36.3 Å². The number of hydrogen-bond acceptors (Lipinski definition) is 20. The summed E-state index contributed by atoms with van der Waals surface area (Å²) in [4.78, 5) is 87.3. The zero-order chi connectivity index (χ0) is 46.4. The molecule has 0 saturated carbocycles. The Hall–Kier alpha value is -6.32. The third kappa shape index (κ3) is 21.4. The van der Waals surface area contributed by atoms with Gasteiger partial charge < -0.3 is 38.8 Å². The fourth-order valence-corrected chi connectivity index (χ4v) is 5.16. The van der Waals surface area contributed by atoms with E-state index in [1.54, 1.807) is 0 Å². The zero-order valence-electron chi connectivity index (χ0n) is 33.1. The van der Waals surface area contributed by atoms with Crippen molar-refractivity contribution in [2.75, 3.05) is 46.4 Å². The van der Waals surface area contributed by atoms with Crippen LogP contribution in [0, 0.1) is 40.5 Å². The van der Waals surface area contributed by atoms with Gasteiger partial charge in [-0.15, -0.1) is 12.4 Å². The van der Waals surface area contributed by atoms with Gasteiger partial charge in [0.05, 0.1) is 5.56 Å². The van der Waals surface area contributed by atoms with Crippen LogP contribution in [0.15, 0.2) is 54.6 Å². The van der Waals surface area contributed by atoms with Gasteiger partial charge in [0, 0.05) is 26.1 Å². The average Bonchev–Trinajstić information content (AvgIpc) is 3.21. The van der Waals surface area contributed by atoms with Crippen molar-refractivity contribution in [3.05, 3.63) is 106 Å². The highest BCUT2D eigenvalue weighted by Crippen LogP contribution is 2.32. The number of carbonyl (C=O) groups excluding carboxylic acids is 4. The molecule has 0 spiro atoms. The minimum atomic E-state index is -4.33. The predicted octanol–water partition coefficient (Wildman–Crippen LogP) is 2.51. The van der Waals surface area contributed by atoms with E-state index in [9.17, 15) is 77.9 Å². The SMILES string of the molecule is CNCCC(Oc1ccc(C(F)(F)F)cc1)c1ccccc1.Cl.O=C(CC[N+](=O)[O-])OCC1OC(O)C(OC(=O)CC[N+](=O)[O-])C(OC(=O)CC[N+](=O)[O-])C1OC(=O)CC[N+](=O)[O-]. The van der Waals surface area contributed by atoms with E-state index < -0.39 is 144 Å². The molecule has 1 aliphatic rings. The number of ether oxygens (including phenoxy) is 6. The quantitative estimate of drug-likeness (QED) is 0.0699. The van der Waals surface area contributed by atoms with Crippen LogP contribution in [0.1, 0.15) is 49.3 Å². The zero-order valence-corrected chi connectivity index (χ0v) is 33.9. The van der Waals surface area contributed by atoms with Gasteiger partial charge >= 0.3 is 30.1 Å². The van der Waals surface area contributed by atoms with E-state index in [0.29, 0.717) is 5.75 Å². The van der Waals surface area contributed by atoms with Crippen LogP contribution in [0.3, 0.4) is 0 Å². The Morgan fingerprint density at radius 1 is 0.714 bits per heavy atom. The molecule has 1 heterocycles. The third-order valence-electron chi connectivity index (χ3n) is 8.10.